The van der Waals surface area contributed by atoms with E-state index in [1.165, 1.54) is 6.33 Å². The van der Waals surface area contributed by atoms with Gasteiger partial charge in [0.25, 0.3) is 0 Å². The van der Waals surface area contributed by atoms with Gasteiger partial charge >= 0.3 is 12.2 Å². The molecule has 4 aromatic rings. The van der Waals surface area contributed by atoms with Crippen molar-refractivity contribution < 1.29 is 29.0 Å². The molecule has 2 aromatic carbocycles. The lowest BCUT2D eigenvalue weighted by molar-refractivity contribution is -0.125. The summed E-state index contributed by atoms with van der Waals surface area (Å²) in [6, 6.07) is 22.2. The number of aromatic nitrogens is 3. The quantitative estimate of drug-likeness (QED) is 0.135. The zero-order valence-electron chi connectivity index (χ0n) is 28.0. The Balaban J connectivity index is 1.46. The van der Waals surface area contributed by atoms with E-state index in [-0.39, 0.29) is 25.6 Å². The van der Waals surface area contributed by atoms with Crippen molar-refractivity contribution >= 4 is 18.1 Å². The summed E-state index contributed by atoms with van der Waals surface area (Å²) in [7, 11) is 0. The number of rotatable bonds is 16. The Labute approximate surface area is 286 Å². The summed E-state index contributed by atoms with van der Waals surface area (Å²) >= 11 is 0. The lowest BCUT2D eigenvalue weighted by Gasteiger charge is -2.30. The normalized spacial score (nSPS) is 13.4. The molecule has 3 amide bonds. The topological polar surface area (TPSA) is 165 Å². The SMILES string of the molecule is Cc1cccc(COC(=O)N[C@H](C(=O)N[C@@H](Cc2ccccc2)C[C@H](O)[C@H](Cc2ccccc2)NC(=O)OCc2cncnc2)C(C)C)n1. The van der Waals surface area contributed by atoms with Crippen LogP contribution in [-0.4, -0.2) is 62.4 Å². The van der Waals surface area contributed by atoms with Crippen molar-refractivity contribution in [3.63, 3.8) is 0 Å². The van der Waals surface area contributed by atoms with Crippen LogP contribution in [0.5, 0.6) is 0 Å². The Hall–Kier alpha value is -5.36. The second kappa shape index (κ2) is 18.8. The van der Waals surface area contributed by atoms with E-state index in [0.717, 1.165) is 16.8 Å². The third-order valence-corrected chi connectivity index (χ3v) is 7.77. The van der Waals surface area contributed by atoms with E-state index in [0.29, 0.717) is 24.1 Å². The number of ether oxygens (including phenoxy) is 2. The molecule has 0 saturated carbocycles. The highest BCUT2D eigenvalue weighted by Gasteiger charge is 2.30. The van der Waals surface area contributed by atoms with Crippen LogP contribution in [0.3, 0.4) is 0 Å². The van der Waals surface area contributed by atoms with Crippen LogP contribution >= 0.6 is 0 Å². The number of pyridine rings is 1. The highest BCUT2D eigenvalue weighted by atomic mass is 16.6. The summed E-state index contributed by atoms with van der Waals surface area (Å²) in [5.74, 6) is -0.699. The number of hydrogen-bond donors (Lipinski definition) is 4. The summed E-state index contributed by atoms with van der Waals surface area (Å²) < 4.78 is 10.8. The zero-order valence-corrected chi connectivity index (χ0v) is 28.0. The number of alkyl carbamates (subject to hydrolysis) is 2. The fraction of sp³-hybridized carbons (Fsp3) is 0.351. The molecule has 0 bridgehead atoms. The third kappa shape index (κ3) is 12.6. The summed E-state index contributed by atoms with van der Waals surface area (Å²) in [5, 5.41) is 20.2. The second-order valence-electron chi connectivity index (χ2n) is 12.2. The fourth-order valence-electron chi connectivity index (χ4n) is 5.26. The van der Waals surface area contributed by atoms with Crippen molar-refractivity contribution in [1.29, 1.82) is 0 Å². The number of hydrogen-bond acceptors (Lipinski definition) is 9. The Morgan fingerprint density at radius 2 is 1.35 bits per heavy atom. The number of aryl methyl sites for hydroxylation is 1. The maximum Gasteiger partial charge on any atom is 0.408 e. The molecule has 0 unspecified atom stereocenters. The van der Waals surface area contributed by atoms with E-state index in [2.05, 4.69) is 30.9 Å². The Morgan fingerprint density at radius 3 is 1.98 bits per heavy atom. The van der Waals surface area contributed by atoms with Gasteiger partial charge < -0.3 is 30.5 Å². The van der Waals surface area contributed by atoms with Gasteiger partial charge in [-0.1, -0.05) is 80.6 Å². The van der Waals surface area contributed by atoms with Crippen LogP contribution in [0.25, 0.3) is 0 Å². The molecule has 2 heterocycles. The molecule has 0 fully saturated rings. The molecule has 0 aliphatic carbocycles. The van der Waals surface area contributed by atoms with Gasteiger partial charge in [-0.25, -0.2) is 19.6 Å². The van der Waals surface area contributed by atoms with Crippen molar-refractivity contribution in [2.75, 3.05) is 0 Å². The van der Waals surface area contributed by atoms with Gasteiger partial charge in [-0.3, -0.25) is 9.78 Å². The summed E-state index contributed by atoms with van der Waals surface area (Å²) in [6.07, 6.45) is 2.75. The van der Waals surface area contributed by atoms with Gasteiger partial charge in [0.2, 0.25) is 5.91 Å². The number of benzene rings is 2. The number of carbonyl (C=O) groups is 3. The molecular formula is C37H44N6O6. The first-order valence-electron chi connectivity index (χ1n) is 16.3. The molecule has 0 spiro atoms. The first kappa shape index (κ1) is 36.5. The predicted octanol–water partition coefficient (Wildman–Crippen LogP) is 4.45. The van der Waals surface area contributed by atoms with Crippen molar-refractivity contribution in [3.05, 3.63) is 126 Å². The van der Waals surface area contributed by atoms with Gasteiger partial charge in [0, 0.05) is 29.7 Å². The molecule has 0 aliphatic rings. The summed E-state index contributed by atoms with van der Waals surface area (Å²) in [5.41, 5.74) is 3.85. The number of carbonyl (C=O) groups excluding carboxylic acids is 3. The van der Waals surface area contributed by atoms with Gasteiger partial charge in [-0.15, -0.1) is 0 Å². The van der Waals surface area contributed by atoms with Crippen LogP contribution in [0.15, 0.2) is 97.6 Å². The molecule has 0 aliphatic heterocycles. The number of nitrogens with zero attached hydrogens (tertiary/aromatic N) is 3. The van der Waals surface area contributed by atoms with Crippen LogP contribution in [0.4, 0.5) is 9.59 Å². The minimum Gasteiger partial charge on any atom is -0.445 e. The smallest absolute Gasteiger partial charge is 0.408 e. The first-order valence-corrected chi connectivity index (χ1v) is 16.3. The van der Waals surface area contributed by atoms with E-state index in [4.69, 9.17) is 9.47 Å². The molecule has 12 nitrogen and oxygen atoms in total. The van der Waals surface area contributed by atoms with Crippen LogP contribution < -0.4 is 16.0 Å². The minimum absolute atomic E-state index is 0.0406. The lowest BCUT2D eigenvalue weighted by atomic mass is 9.93. The zero-order chi connectivity index (χ0) is 35.0. The van der Waals surface area contributed by atoms with E-state index in [9.17, 15) is 19.5 Å². The first-order chi connectivity index (χ1) is 23.7. The predicted molar refractivity (Wildman–Crippen MR) is 183 cm³/mol. The Kier molecular flexibility index (Phi) is 14.0. The van der Waals surface area contributed by atoms with Crippen molar-refractivity contribution in [2.45, 2.75) is 77.5 Å². The highest BCUT2D eigenvalue weighted by Crippen LogP contribution is 2.16. The largest absolute Gasteiger partial charge is 0.445 e. The summed E-state index contributed by atoms with van der Waals surface area (Å²) in [4.78, 5) is 51.5. The molecular weight excluding hydrogens is 624 g/mol. The van der Waals surface area contributed by atoms with Crippen LogP contribution in [-0.2, 0) is 40.3 Å². The average Bonchev–Trinajstić information content (AvgIpc) is 3.09. The monoisotopic (exact) mass is 668 g/mol. The number of aliphatic hydroxyl groups is 1. The van der Waals surface area contributed by atoms with Crippen LogP contribution in [0.2, 0.25) is 0 Å². The van der Waals surface area contributed by atoms with Gasteiger partial charge in [-0.2, -0.15) is 0 Å². The third-order valence-electron chi connectivity index (χ3n) is 7.77. The summed E-state index contributed by atoms with van der Waals surface area (Å²) in [6.45, 7) is 5.40. The van der Waals surface area contributed by atoms with Gasteiger partial charge in [0.15, 0.2) is 0 Å². The van der Waals surface area contributed by atoms with Gasteiger partial charge in [-0.05, 0) is 55.4 Å². The standard InChI is InChI=1S/C37H44N6O6/c1-25(2)34(43-37(47)49-23-30-16-10-11-26(3)40-30)35(45)41-31(17-27-12-6-4-7-13-27)19-33(44)32(18-28-14-8-5-9-15-28)42-36(46)48-22-29-20-38-24-39-21-29/h4-16,20-21,24-25,31-34,44H,17-19,22-23H2,1-3H3,(H,41,45)(H,42,46)(H,43,47)/t31-,32-,33-,34-/m0/s1. The van der Waals surface area contributed by atoms with E-state index < -0.39 is 42.3 Å². The lowest BCUT2D eigenvalue weighted by Crippen LogP contribution is -2.54. The molecule has 49 heavy (non-hydrogen) atoms. The molecule has 4 N–H and O–H groups in total. The highest BCUT2D eigenvalue weighted by molar-refractivity contribution is 5.86. The van der Waals surface area contributed by atoms with E-state index in [1.54, 1.807) is 18.5 Å². The van der Waals surface area contributed by atoms with Gasteiger partial charge in [0.1, 0.15) is 25.6 Å². The Bertz CT molecular complexity index is 1610. The average molecular weight is 669 g/mol. The molecule has 12 heteroatoms. The van der Waals surface area contributed by atoms with Gasteiger partial charge in [0.05, 0.1) is 17.8 Å². The second-order valence-corrected chi connectivity index (χ2v) is 12.2. The number of nitrogens with one attached hydrogen (secondary N) is 3. The van der Waals surface area contributed by atoms with Crippen molar-refractivity contribution in [1.82, 2.24) is 30.9 Å². The van der Waals surface area contributed by atoms with E-state index >= 15 is 0 Å². The van der Waals surface area contributed by atoms with Crippen molar-refractivity contribution in [3.8, 4) is 0 Å². The fourth-order valence-corrected chi connectivity index (χ4v) is 5.26. The Morgan fingerprint density at radius 1 is 0.735 bits per heavy atom. The molecule has 4 atom stereocenters. The van der Waals surface area contributed by atoms with Crippen molar-refractivity contribution in [2.24, 2.45) is 5.92 Å². The molecule has 0 radical (unpaired) electrons. The van der Waals surface area contributed by atoms with E-state index in [1.807, 2.05) is 93.6 Å². The number of aliphatic hydroxyl groups excluding tert-OH is 1. The minimum atomic E-state index is -1.08. The maximum absolute atomic E-state index is 13.7. The van der Waals surface area contributed by atoms with Crippen LogP contribution in [0.1, 0.15) is 48.3 Å². The molecule has 0 saturated heterocycles. The van der Waals surface area contributed by atoms with Crippen LogP contribution in [0, 0.1) is 12.8 Å². The molecule has 4 rings (SSSR count). The number of amides is 3. The maximum atomic E-state index is 13.7. The molecule has 258 valence electrons. The molecule has 2 aromatic heterocycles.